The predicted octanol–water partition coefficient (Wildman–Crippen LogP) is 7.07. The quantitative estimate of drug-likeness (QED) is 0.116. The molecule has 1 aliphatic heterocycles. The number of pyridine rings is 1. The number of nitrogens with zero attached hydrogens (tertiary/aromatic N) is 2. The molecule has 0 bridgehead atoms. The molecule has 1 fully saturated rings. The lowest BCUT2D eigenvalue weighted by molar-refractivity contribution is -0.140. The monoisotopic (exact) mass is 568 g/mol. The number of carbonyl (C=O) groups is 2. The zero-order valence-corrected chi connectivity index (χ0v) is 23.2. The molecule has 0 radical (unpaired) electrons. The van der Waals surface area contributed by atoms with Crippen molar-refractivity contribution in [2.75, 3.05) is 0 Å². The van der Waals surface area contributed by atoms with E-state index in [0.717, 1.165) is 11.1 Å². The van der Waals surface area contributed by atoms with Crippen LogP contribution in [0.25, 0.3) is 5.76 Å². The Morgan fingerprint density at radius 1 is 0.744 bits per heavy atom. The number of rotatable bonds is 9. The first-order valence-electron chi connectivity index (χ1n) is 13.8. The number of likely N-dealkylation sites (tertiary alicyclic amines) is 1. The van der Waals surface area contributed by atoms with Crippen molar-refractivity contribution in [3.8, 4) is 17.2 Å². The molecule has 5 aromatic rings. The average molecular weight is 569 g/mol. The van der Waals surface area contributed by atoms with Crippen molar-refractivity contribution in [3.05, 3.63) is 162 Å². The van der Waals surface area contributed by atoms with Crippen molar-refractivity contribution in [1.82, 2.24) is 9.88 Å². The number of hydrogen-bond acceptors (Lipinski definition) is 6. The fraction of sp³-hybridized carbons (Fsp3) is 0.0833. The first-order chi connectivity index (χ1) is 21.1. The van der Waals surface area contributed by atoms with Crippen molar-refractivity contribution in [2.45, 2.75) is 19.2 Å². The summed E-state index contributed by atoms with van der Waals surface area (Å²) in [5.74, 6) is 0.0766. The van der Waals surface area contributed by atoms with Gasteiger partial charge in [0.15, 0.2) is 0 Å². The Morgan fingerprint density at radius 2 is 1.44 bits per heavy atom. The third-order valence-corrected chi connectivity index (χ3v) is 7.14. The topological polar surface area (TPSA) is 89.0 Å². The highest BCUT2D eigenvalue weighted by molar-refractivity contribution is 6.46. The maximum Gasteiger partial charge on any atom is 0.295 e. The molecule has 212 valence electrons. The van der Waals surface area contributed by atoms with E-state index in [1.807, 2.05) is 72.8 Å². The van der Waals surface area contributed by atoms with Gasteiger partial charge < -0.3 is 19.5 Å². The Kier molecular flexibility index (Phi) is 7.95. The van der Waals surface area contributed by atoms with Gasteiger partial charge >= 0.3 is 0 Å². The van der Waals surface area contributed by atoms with E-state index in [-0.39, 0.29) is 17.9 Å². The summed E-state index contributed by atoms with van der Waals surface area (Å²) in [6.07, 6.45) is 3.30. The van der Waals surface area contributed by atoms with Crippen LogP contribution >= 0.6 is 0 Å². The lowest BCUT2D eigenvalue weighted by Gasteiger charge is -2.25. The van der Waals surface area contributed by atoms with E-state index in [0.29, 0.717) is 35.0 Å². The molecule has 1 unspecified atom stereocenters. The first-order valence-corrected chi connectivity index (χ1v) is 13.8. The van der Waals surface area contributed by atoms with Gasteiger partial charge in [-0.3, -0.25) is 14.6 Å². The van der Waals surface area contributed by atoms with Crippen LogP contribution in [0.15, 0.2) is 139 Å². The Hall–Kier alpha value is -5.69. The summed E-state index contributed by atoms with van der Waals surface area (Å²) < 4.78 is 11.9. The molecule has 1 atom stereocenters. The third kappa shape index (κ3) is 6.16. The average Bonchev–Trinajstić information content (AvgIpc) is 3.30. The van der Waals surface area contributed by atoms with Crippen LogP contribution in [0.2, 0.25) is 0 Å². The second-order valence-corrected chi connectivity index (χ2v) is 10.1. The van der Waals surface area contributed by atoms with Crippen LogP contribution in [0.3, 0.4) is 0 Å². The lowest BCUT2D eigenvalue weighted by Crippen LogP contribution is -2.29. The molecule has 0 aliphatic carbocycles. The molecule has 1 N–H and O–H groups in total. The number of amides is 1. The van der Waals surface area contributed by atoms with E-state index in [2.05, 4.69) is 4.98 Å². The predicted molar refractivity (Wildman–Crippen MR) is 162 cm³/mol. The largest absolute Gasteiger partial charge is 0.507 e. The van der Waals surface area contributed by atoms with Crippen LogP contribution in [0, 0.1) is 0 Å². The SMILES string of the molecule is O=C1C(=O)N(Cc2cccnc2)C(c2cccc(Oc3ccccc3)c2)/C1=C(\O)c1ccc(OCc2ccccc2)cc1. The van der Waals surface area contributed by atoms with Gasteiger partial charge in [-0.05, 0) is 71.3 Å². The van der Waals surface area contributed by atoms with Gasteiger partial charge in [-0.25, -0.2) is 0 Å². The second kappa shape index (κ2) is 12.4. The summed E-state index contributed by atoms with van der Waals surface area (Å²) >= 11 is 0. The van der Waals surface area contributed by atoms with Crippen LogP contribution in [0.5, 0.6) is 17.2 Å². The van der Waals surface area contributed by atoms with E-state index in [1.165, 1.54) is 4.90 Å². The van der Waals surface area contributed by atoms with E-state index in [4.69, 9.17) is 9.47 Å². The molecular formula is C36H28N2O5. The summed E-state index contributed by atoms with van der Waals surface area (Å²) in [5.41, 5.74) is 2.81. The lowest BCUT2D eigenvalue weighted by atomic mass is 9.95. The summed E-state index contributed by atoms with van der Waals surface area (Å²) in [6, 6.07) is 35.9. The molecular weight excluding hydrogens is 540 g/mol. The normalized spacial score (nSPS) is 15.8. The Labute approximate surface area is 249 Å². The van der Waals surface area contributed by atoms with Gasteiger partial charge in [0, 0.05) is 24.5 Å². The van der Waals surface area contributed by atoms with Crippen LogP contribution in [-0.4, -0.2) is 26.7 Å². The summed E-state index contributed by atoms with van der Waals surface area (Å²) in [6.45, 7) is 0.531. The number of carbonyl (C=O) groups excluding carboxylic acids is 2. The summed E-state index contributed by atoms with van der Waals surface area (Å²) in [4.78, 5) is 32.6. The Morgan fingerprint density at radius 3 is 2.16 bits per heavy atom. The molecule has 2 heterocycles. The number of para-hydroxylation sites is 1. The number of ketones is 1. The highest BCUT2D eigenvalue weighted by Crippen LogP contribution is 2.41. The van der Waals surface area contributed by atoms with E-state index >= 15 is 0 Å². The van der Waals surface area contributed by atoms with Crippen molar-refractivity contribution in [1.29, 1.82) is 0 Å². The van der Waals surface area contributed by atoms with Crippen LogP contribution in [-0.2, 0) is 22.7 Å². The maximum absolute atomic E-state index is 13.5. The van der Waals surface area contributed by atoms with Gasteiger partial charge in [0.25, 0.3) is 11.7 Å². The van der Waals surface area contributed by atoms with Crippen molar-refractivity contribution in [3.63, 3.8) is 0 Å². The number of Topliss-reactive ketones (excluding diaryl/α,β-unsaturated/α-hetero) is 1. The van der Waals surface area contributed by atoms with Gasteiger partial charge in [0.2, 0.25) is 0 Å². The smallest absolute Gasteiger partial charge is 0.295 e. The highest BCUT2D eigenvalue weighted by atomic mass is 16.5. The van der Waals surface area contributed by atoms with Crippen molar-refractivity contribution >= 4 is 17.4 Å². The minimum atomic E-state index is -0.853. The molecule has 7 heteroatoms. The second-order valence-electron chi connectivity index (χ2n) is 10.1. The fourth-order valence-electron chi connectivity index (χ4n) is 5.06. The van der Waals surface area contributed by atoms with E-state index < -0.39 is 17.7 Å². The van der Waals surface area contributed by atoms with Gasteiger partial charge in [-0.15, -0.1) is 0 Å². The molecule has 7 nitrogen and oxygen atoms in total. The van der Waals surface area contributed by atoms with Crippen LogP contribution in [0.1, 0.15) is 28.3 Å². The van der Waals surface area contributed by atoms with Gasteiger partial charge in [0.05, 0.1) is 11.6 Å². The highest BCUT2D eigenvalue weighted by Gasteiger charge is 2.46. The molecule has 0 spiro atoms. The molecule has 4 aromatic carbocycles. The maximum atomic E-state index is 13.5. The van der Waals surface area contributed by atoms with Crippen LogP contribution < -0.4 is 9.47 Å². The van der Waals surface area contributed by atoms with Gasteiger partial charge in [-0.1, -0.05) is 66.7 Å². The van der Waals surface area contributed by atoms with E-state index in [9.17, 15) is 14.7 Å². The van der Waals surface area contributed by atoms with Gasteiger partial charge in [0.1, 0.15) is 29.6 Å². The Bertz CT molecular complexity index is 1750. The first kappa shape index (κ1) is 27.5. The fourth-order valence-corrected chi connectivity index (χ4v) is 5.06. The summed E-state index contributed by atoms with van der Waals surface area (Å²) in [5, 5.41) is 11.5. The standard InChI is InChI=1S/C36H28N2O5/c39-34(27-16-18-29(19-17-27)42-24-25-9-3-1-4-10-25)32-33(38(36(41)35(32)40)23-26-11-8-20-37-22-26)28-12-7-15-31(21-28)43-30-13-5-2-6-14-30/h1-22,33,39H,23-24H2/b34-32+. The molecule has 43 heavy (non-hydrogen) atoms. The zero-order chi connectivity index (χ0) is 29.6. The minimum absolute atomic E-state index is 0.00343. The van der Waals surface area contributed by atoms with E-state index in [1.54, 1.807) is 60.9 Å². The Balaban J connectivity index is 1.35. The molecule has 1 saturated heterocycles. The molecule has 1 aromatic heterocycles. The van der Waals surface area contributed by atoms with Crippen molar-refractivity contribution in [2.24, 2.45) is 0 Å². The van der Waals surface area contributed by atoms with Crippen molar-refractivity contribution < 1.29 is 24.2 Å². The van der Waals surface area contributed by atoms with Crippen LogP contribution in [0.4, 0.5) is 0 Å². The third-order valence-electron chi connectivity index (χ3n) is 7.14. The number of aromatic nitrogens is 1. The molecule has 1 aliphatic rings. The van der Waals surface area contributed by atoms with Gasteiger partial charge in [-0.2, -0.15) is 0 Å². The minimum Gasteiger partial charge on any atom is -0.507 e. The number of aliphatic hydroxyl groups is 1. The molecule has 0 saturated carbocycles. The summed E-state index contributed by atoms with van der Waals surface area (Å²) in [7, 11) is 0. The number of aliphatic hydroxyl groups excluding tert-OH is 1. The zero-order valence-electron chi connectivity index (χ0n) is 23.2. The number of hydrogen-bond donors (Lipinski definition) is 1. The molecule has 1 amide bonds. The molecule has 6 rings (SSSR count). The number of ether oxygens (including phenoxy) is 2. The number of benzene rings is 4.